The first kappa shape index (κ1) is 14.3. The summed E-state index contributed by atoms with van der Waals surface area (Å²) in [7, 11) is 1.60. The summed E-state index contributed by atoms with van der Waals surface area (Å²) in [5.41, 5.74) is 6.38. The van der Waals surface area contributed by atoms with Crippen LogP contribution >= 0.6 is 28.1 Å². The minimum Gasteiger partial charge on any atom is -0.493 e. The number of hydrogen-bond donors (Lipinski definition) is 1. The first-order chi connectivity index (χ1) is 8.10. The van der Waals surface area contributed by atoms with Crippen LogP contribution in [0.15, 0.2) is 16.6 Å². The summed E-state index contributed by atoms with van der Waals surface area (Å²) in [5.74, 6) is 1.26. The van der Waals surface area contributed by atoms with Gasteiger partial charge in [-0.1, -0.05) is 41.5 Å². The van der Waals surface area contributed by atoms with E-state index in [1.54, 1.807) is 7.11 Å². The zero-order valence-electron chi connectivity index (χ0n) is 9.96. The first-order valence-electron chi connectivity index (χ1n) is 5.40. The van der Waals surface area contributed by atoms with Crippen molar-refractivity contribution in [2.24, 2.45) is 5.73 Å². The standard InChI is InChI=1S/C12H16BrNO2S/c1-3-4-5-16-11-9(12(14)17)6-8(13)7-10(11)15-2/h6-7H,3-5H2,1-2H3,(H2,14,17). The molecular weight excluding hydrogens is 302 g/mol. The Morgan fingerprint density at radius 3 is 2.71 bits per heavy atom. The molecule has 0 aliphatic carbocycles. The minimum atomic E-state index is 0.302. The average Bonchev–Trinajstić information content (AvgIpc) is 2.30. The molecule has 0 saturated heterocycles. The molecule has 0 radical (unpaired) electrons. The van der Waals surface area contributed by atoms with Gasteiger partial charge in [0.2, 0.25) is 0 Å². The van der Waals surface area contributed by atoms with E-state index < -0.39 is 0 Å². The van der Waals surface area contributed by atoms with Crippen LogP contribution in [0.2, 0.25) is 0 Å². The van der Waals surface area contributed by atoms with Crippen molar-refractivity contribution in [2.75, 3.05) is 13.7 Å². The normalized spacial score (nSPS) is 10.1. The van der Waals surface area contributed by atoms with Crippen LogP contribution in [0.5, 0.6) is 11.5 Å². The second-order valence-corrected chi connectivity index (χ2v) is 4.91. The first-order valence-corrected chi connectivity index (χ1v) is 6.60. The number of ether oxygens (including phenoxy) is 2. The predicted octanol–water partition coefficient (Wildman–Crippen LogP) is 3.27. The van der Waals surface area contributed by atoms with Gasteiger partial charge >= 0.3 is 0 Å². The van der Waals surface area contributed by atoms with Crippen molar-refractivity contribution in [3.05, 3.63) is 22.2 Å². The molecule has 5 heteroatoms. The van der Waals surface area contributed by atoms with Crippen molar-refractivity contribution in [1.82, 2.24) is 0 Å². The third-order valence-electron chi connectivity index (χ3n) is 2.25. The summed E-state index contributed by atoms with van der Waals surface area (Å²) in [6.07, 6.45) is 2.05. The Labute approximate surface area is 115 Å². The van der Waals surface area contributed by atoms with E-state index in [1.807, 2.05) is 12.1 Å². The molecule has 1 rings (SSSR count). The van der Waals surface area contributed by atoms with Crippen molar-refractivity contribution < 1.29 is 9.47 Å². The fourth-order valence-electron chi connectivity index (χ4n) is 1.37. The topological polar surface area (TPSA) is 44.5 Å². The van der Waals surface area contributed by atoms with Gasteiger partial charge in [0.15, 0.2) is 11.5 Å². The van der Waals surface area contributed by atoms with Crippen LogP contribution < -0.4 is 15.2 Å². The maximum absolute atomic E-state index is 5.70. The smallest absolute Gasteiger partial charge is 0.171 e. The van der Waals surface area contributed by atoms with Crippen molar-refractivity contribution in [2.45, 2.75) is 19.8 Å². The molecule has 0 aliphatic heterocycles. The summed E-state index contributed by atoms with van der Waals surface area (Å²) in [5, 5.41) is 0. The van der Waals surface area contributed by atoms with E-state index >= 15 is 0 Å². The number of rotatable bonds is 6. The Kier molecular flexibility index (Phi) is 5.71. The number of unbranched alkanes of at least 4 members (excludes halogenated alkanes) is 1. The minimum absolute atomic E-state index is 0.302. The molecule has 0 heterocycles. The maximum Gasteiger partial charge on any atom is 0.171 e. The molecule has 17 heavy (non-hydrogen) atoms. The second kappa shape index (κ2) is 6.81. The monoisotopic (exact) mass is 317 g/mol. The van der Waals surface area contributed by atoms with Crippen LogP contribution in [0.1, 0.15) is 25.3 Å². The van der Waals surface area contributed by atoms with E-state index in [4.69, 9.17) is 27.4 Å². The zero-order valence-corrected chi connectivity index (χ0v) is 12.4. The summed E-state index contributed by atoms with van der Waals surface area (Å²) in [6.45, 7) is 2.74. The third-order valence-corrected chi connectivity index (χ3v) is 2.93. The lowest BCUT2D eigenvalue weighted by atomic mass is 10.2. The molecule has 0 unspecified atom stereocenters. The lowest BCUT2D eigenvalue weighted by Gasteiger charge is -2.15. The zero-order chi connectivity index (χ0) is 12.8. The molecule has 94 valence electrons. The lowest BCUT2D eigenvalue weighted by Crippen LogP contribution is -2.13. The van der Waals surface area contributed by atoms with E-state index in [1.165, 1.54) is 0 Å². The van der Waals surface area contributed by atoms with Gasteiger partial charge in [-0.25, -0.2) is 0 Å². The summed E-state index contributed by atoms with van der Waals surface area (Å²) in [6, 6.07) is 3.68. The van der Waals surface area contributed by atoms with Crippen LogP contribution in [-0.2, 0) is 0 Å². The molecule has 0 spiro atoms. The molecular formula is C12H16BrNO2S. The van der Waals surface area contributed by atoms with Crippen molar-refractivity contribution in [1.29, 1.82) is 0 Å². The fraction of sp³-hybridized carbons (Fsp3) is 0.417. The highest BCUT2D eigenvalue weighted by Gasteiger charge is 2.14. The molecule has 0 aromatic heterocycles. The Morgan fingerprint density at radius 2 is 2.18 bits per heavy atom. The predicted molar refractivity (Wildman–Crippen MR) is 77.0 cm³/mol. The Hall–Kier alpha value is -0.810. The quantitative estimate of drug-likeness (QED) is 0.646. The number of benzene rings is 1. The van der Waals surface area contributed by atoms with Gasteiger partial charge < -0.3 is 15.2 Å². The maximum atomic E-state index is 5.70. The van der Waals surface area contributed by atoms with Crippen LogP contribution in [0, 0.1) is 0 Å². The van der Waals surface area contributed by atoms with Crippen LogP contribution in [-0.4, -0.2) is 18.7 Å². The van der Waals surface area contributed by atoms with Gasteiger partial charge in [0.1, 0.15) is 4.99 Å². The van der Waals surface area contributed by atoms with Crippen molar-refractivity contribution in [3.63, 3.8) is 0 Å². The molecule has 0 saturated carbocycles. The van der Waals surface area contributed by atoms with Gasteiger partial charge in [0.25, 0.3) is 0 Å². The van der Waals surface area contributed by atoms with E-state index in [2.05, 4.69) is 22.9 Å². The SMILES string of the molecule is CCCCOc1c(OC)cc(Br)cc1C(N)=S. The van der Waals surface area contributed by atoms with E-state index in [0.29, 0.717) is 28.7 Å². The van der Waals surface area contributed by atoms with E-state index in [-0.39, 0.29) is 0 Å². The van der Waals surface area contributed by atoms with Crippen molar-refractivity contribution >= 4 is 33.1 Å². The van der Waals surface area contributed by atoms with Gasteiger partial charge in [0.05, 0.1) is 19.3 Å². The highest BCUT2D eigenvalue weighted by molar-refractivity contribution is 9.10. The van der Waals surface area contributed by atoms with E-state index in [9.17, 15) is 0 Å². The molecule has 3 nitrogen and oxygen atoms in total. The number of methoxy groups -OCH3 is 1. The van der Waals surface area contributed by atoms with Gasteiger partial charge in [0, 0.05) is 4.47 Å². The highest BCUT2D eigenvalue weighted by atomic mass is 79.9. The van der Waals surface area contributed by atoms with Gasteiger partial charge in [-0.3, -0.25) is 0 Å². The second-order valence-electron chi connectivity index (χ2n) is 3.55. The highest BCUT2D eigenvalue weighted by Crippen LogP contribution is 2.34. The largest absolute Gasteiger partial charge is 0.493 e. The van der Waals surface area contributed by atoms with E-state index in [0.717, 1.165) is 17.3 Å². The summed E-state index contributed by atoms with van der Waals surface area (Å²) in [4.78, 5) is 0.302. The van der Waals surface area contributed by atoms with Crippen LogP contribution in [0.25, 0.3) is 0 Å². The summed E-state index contributed by atoms with van der Waals surface area (Å²) < 4.78 is 11.8. The number of hydrogen-bond acceptors (Lipinski definition) is 3. The van der Waals surface area contributed by atoms with Gasteiger partial charge in [-0.05, 0) is 18.6 Å². The lowest BCUT2D eigenvalue weighted by molar-refractivity contribution is 0.287. The molecule has 1 aromatic rings. The molecule has 0 aliphatic rings. The Balaban J connectivity index is 3.08. The fourth-order valence-corrected chi connectivity index (χ4v) is 1.96. The number of thiocarbonyl (C=S) groups is 1. The molecule has 0 bridgehead atoms. The third kappa shape index (κ3) is 3.85. The van der Waals surface area contributed by atoms with Gasteiger partial charge in [-0.2, -0.15) is 0 Å². The number of nitrogens with two attached hydrogens (primary N) is 1. The molecule has 1 aromatic carbocycles. The van der Waals surface area contributed by atoms with Crippen molar-refractivity contribution in [3.8, 4) is 11.5 Å². The Bertz CT molecular complexity index is 410. The average molecular weight is 318 g/mol. The van der Waals surface area contributed by atoms with Gasteiger partial charge in [-0.15, -0.1) is 0 Å². The van der Waals surface area contributed by atoms with Crippen LogP contribution in [0.4, 0.5) is 0 Å². The molecule has 2 N–H and O–H groups in total. The Morgan fingerprint density at radius 1 is 1.47 bits per heavy atom. The number of halogens is 1. The molecule has 0 amide bonds. The van der Waals surface area contributed by atoms with Crippen LogP contribution in [0.3, 0.4) is 0 Å². The molecule has 0 atom stereocenters. The molecule has 0 fully saturated rings. The summed E-state index contributed by atoms with van der Waals surface area (Å²) >= 11 is 8.40.